The van der Waals surface area contributed by atoms with Crippen molar-refractivity contribution in [3.63, 3.8) is 0 Å². The van der Waals surface area contributed by atoms with Gasteiger partial charge in [-0.2, -0.15) is 9.69 Å². The summed E-state index contributed by atoms with van der Waals surface area (Å²) in [6, 6.07) is -0.364. The van der Waals surface area contributed by atoms with Gasteiger partial charge >= 0.3 is 11.9 Å². The number of amides is 3. The summed E-state index contributed by atoms with van der Waals surface area (Å²) in [6.07, 6.45) is 3.50. The van der Waals surface area contributed by atoms with E-state index in [9.17, 15) is 9.59 Å². The van der Waals surface area contributed by atoms with Crippen LogP contribution in [0.3, 0.4) is 0 Å². The smallest absolute Gasteiger partial charge is 0.328 e. The normalized spacial score (nSPS) is 28.5. The van der Waals surface area contributed by atoms with E-state index in [1.807, 2.05) is 0 Å². The summed E-state index contributed by atoms with van der Waals surface area (Å²) in [7, 11) is 3.20. The Morgan fingerprint density at radius 1 is 1.35 bits per heavy atom. The molecule has 0 radical (unpaired) electrons. The number of carbonyl (C=O) groups excluding carboxylic acids is 2. The van der Waals surface area contributed by atoms with Gasteiger partial charge in [-0.1, -0.05) is 0 Å². The van der Waals surface area contributed by atoms with E-state index in [2.05, 4.69) is 4.90 Å². The van der Waals surface area contributed by atoms with Crippen molar-refractivity contribution in [1.29, 1.82) is 0 Å². The van der Waals surface area contributed by atoms with Gasteiger partial charge in [-0.25, -0.2) is 9.37 Å². The second kappa shape index (κ2) is 4.54. The molecule has 2 aliphatic rings. The van der Waals surface area contributed by atoms with Crippen LogP contribution in [-0.2, 0) is 4.79 Å². The maximum absolute atomic E-state index is 12.0. The lowest BCUT2D eigenvalue weighted by molar-refractivity contribution is -0.401. The van der Waals surface area contributed by atoms with E-state index in [1.54, 1.807) is 13.3 Å². The Morgan fingerprint density at radius 3 is 2.53 bits per heavy atom. The molecule has 0 saturated carbocycles. The number of imide groups is 1. The average Bonchev–Trinajstić information content (AvgIpc) is 2.32. The number of piperidine rings is 1. The number of urea groups is 1. The van der Waals surface area contributed by atoms with E-state index >= 15 is 0 Å². The largest absolute Gasteiger partial charge is 0.500 e. The van der Waals surface area contributed by atoms with Crippen molar-refractivity contribution in [3.8, 4) is 0 Å². The van der Waals surface area contributed by atoms with Gasteiger partial charge in [0.1, 0.15) is 6.21 Å². The van der Waals surface area contributed by atoms with E-state index in [4.69, 9.17) is 5.73 Å². The molecular formula is C11H19N4O2+. The van der Waals surface area contributed by atoms with Gasteiger partial charge in [0.15, 0.2) is 6.04 Å². The molecule has 0 aromatic carbocycles. The highest BCUT2D eigenvalue weighted by atomic mass is 16.2. The van der Waals surface area contributed by atoms with Gasteiger partial charge in [0.25, 0.3) is 0 Å². The van der Waals surface area contributed by atoms with Crippen molar-refractivity contribution < 1.29 is 14.2 Å². The summed E-state index contributed by atoms with van der Waals surface area (Å²) in [4.78, 5) is 26.9. The number of hydrogen-bond acceptors (Lipinski definition) is 4. The summed E-state index contributed by atoms with van der Waals surface area (Å²) >= 11 is 0. The Balaban J connectivity index is 2.15. The fourth-order valence-electron chi connectivity index (χ4n) is 2.32. The molecule has 1 unspecified atom stereocenters. The summed E-state index contributed by atoms with van der Waals surface area (Å²) < 4.78 is 1.47. The molecular weight excluding hydrogens is 220 g/mol. The molecule has 1 saturated heterocycles. The Kier molecular flexibility index (Phi) is 3.26. The van der Waals surface area contributed by atoms with Crippen LogP contribution in [0.5, 0.6) is 0 Å². The first-order chi connectivity index (χ1) is 8.00. The highest BCUT2D eigenvalue weighted by molar-refractivity contribution is 6.06. The molecule has 0 aromatic rings. The molecule has 17 heavy (non-hydrogen) atoms. The molecule has 0 aromatic heterocycles. The van der Waals surface area contributed by atoms with Crippen LogP contribution in [0.25, 0.3) is 0 Å². The molecule has 1 atom stereocenters. The third-order valence-corrected chi connectivity index (χ3v) is 3.50. The molecule has 0 spiro atoms. The minimum Gasteiger partial charge on any atom is -0.328 e. The lowest BCUT2D eigenvalue weighted by Crippen LogP contribution is -2.59. The van der Waals surface area contributed by atoms with Crippen LogP contribution in [0.15, 0.2) is 0 Å². The number of nitrogens with zero attached hydrogens (tertiary/aromatic N) is 3. The van der Waals surface area contributed by atoms with Crippen LogP contribution in [-0.4, -0.2) is 71.8 Å². The Labute approximate surface area is 101 Å². The molecule has 94 valence electrons. The number of likely N-dealkylation sites (tertiary alicyclic amines) is 1. The third-order valence-electron chi connectivity index (χ3n) is 3.50. The molecule has 2 N–H and O–H groups in total. The van der Waals surface area contributed by atoms with Gasteiger partial charge in [0, 0.05) is 19.1 Å². The Hall–Kier alpha value is -1.27. The molecule has 3 amide bonds. The summed E-state index contributed by atoms with van der Waals surface area (Å²) in [5, 5.41) is 0. The van der Waals surface area contributed by atoms with Gasteiger partial charge in [-0.15, -0.1) is 0 Å². The summed E-state index contributed by atoms with van der Waals surface area (Å²) in [6.45, 7) is 1.62. The zero-order valence-electron chi connectivity index (χ0n) is 10.3. The maximum Gasteiger partial charge on any atom is 0.500 e. The van der Waals surface area contributed by atoms with Crippen molar-refractivity contribution in [2.75, 3.05) is 27.2 Å². The quantitative estimate of drug-likeness (QED) is 0.601. The third kappa shape index (κ3) is 2.23. The monoisotopic (exact) mass is 239 g/mol. The van der Waals surface area contributed by atoms with E-state index < -0.39 is 0 Å². The second-order valence-corrected chi connectivity index (χ2v) is 4.76. The number of likely N-dealkylation sites (N-methyl/N-ethyl adjacent to an activating group) is 1. The average molecular weight is 239 g/mol. The van der Waals surface area contributed by atoms with Crippen molar-refractivity contribution in [2.45, 2.75) is 24.9 Å². The standard InChI is InChI=1S/C11H19N4O2/c1-13-7-9(10(16)14(2)11(13)17)15-5-3-8(12)4-6-15/h7-9H,3-6,12H2,1-2H3/q+1. The van der Waals surface area contributed by atoms with Gasteiger partial charge in [0.05, 0.1) is 14.1 Å². The fourth-order valence-corrected chi connectivity index (χ4v) is 2.32. The van der Waals surface area contributed by atoms with E-state index in [0.717, 1.165) is 25.9 Å². The lowest BCUT2D eigenvalue weighted by Gasteiger charge is -2.34. The minimum absolute atomic E-state index is 0.149. The first-order valence-corrected chi connectivity index (χ1v) is 5.89. The molecule has 6 nitrogen and oxygen atoms in total. The SMILES string of the molecule is CN1C(=O)C(N2CCC(N)CC2)C=[N+](C)C1=O. The van der Waals surface area contributed by atoms with Crippen LogP contribution in [0.1, 0.15) is 12.8 Å². The number of hydrogen-bond donors (Lipinski definition) is 1. The van der Waals surface area contributed by atoms with Gasteiger partial charge < -0.3 is 5.73 Å². The molecule has 6 heteroatoms. The van der Waals surface area contributed by atoms with Crippen LogP contribution in [0.2, 0.25) is 0 Å². The number of nitrogens with two attached hydrogens (primary N) is 1. The van der Waals surface area contributed by atoms with Crippen molar-refractivity contribution >= 4 is 18.2 Å². The molecule has 2 aliphatic heterocycles. The lowest BCUT2D eigenvalue weighted by atomic mass is 10.0. The van der Waals surface area contributed by atoms with Crippen LogP contribution in [0.4, 0.5) is 4.79 Å². The zero-order valence-corrected chi connectivity index (χ0v) is 10.3. The molecule has 1 fully saturated rings. The second-order valence-electron chi connectivity index (χ2n) is 4.76. The summed E-state index contributed by atoms with van der Waals surface area (Å²) in [5.41, 5.74) is 5.84. The Morgan fingerprint density at radius 2 is 1.94 bits per heavy atom. The van der Waals surface area contributed by atoms with Crippen LogP contribution in [0, 0.1) is 0 Å². The van der Waals surface area contributed by atoms with E-state index in [1.165, 1.54) is 16.5 Å². The highest BCUT2D eigenvalue weighted by Crippen LogP contribution is 2.14. The fraction of sp³-hybridized carbons (Fsp3) is 0.727. The van der Waals surface area contributed by atoms with Crippen LogP contribution < -0.4 is 5.73 Å². The Bertz CT molecular complexity index is 372. The van der Waals surface area contributed by atoms with Gasteiger partial charge in [0.2, 0.25) is 0 Å². The number of rotatable bonds is 1. The van der Waals surface area contributed by atoms with E-state index in [-0.39, 0.29) is 24.0 Å². The van der Waals surface area contributed by atoms with Crippen LogP contribution >= 0.6 is 0 Å². The van der Waals surface area contributed by atoms with Crippen molar-refractivity contribution in [3.05, 3.63) is 0 Å². The van der Waals surface area contributed by atoms with Crippen molar-refractivity contribution in [2.24, 2.45) is 5.73 Å². The zero-order chi connectivity index (χ0) is 12.6. The minimum atomic E-state index is -0.324. The molecule has 0 aliphatic carbocycles. The van der Waals surface area contributed by atoms with Crippen molar-refractivity contribution in [1.82, 2.24) is 9.80 Å². The van der Waals surface area contributed by atoms with Gasteiger partial charge in [-0.3, -0.25) is 4.90 Å². The van der Waals surface area contributed by atoms with Gasteiger partial charge in [-0.05, 0) is 12.8 Å². The topological polar surface area (TPSA) is 69.7 Å². The maximum atomic E-state index is 12.0. The highest BCUT2D eigenvalue weighted by Gasteiger charge is 2.42. The first-order valence-electron chi connectivity index (χ1n) is 5.89. The molecule has 2 rings (SSSR count). The summed E-state index contributed by atoms with van der Waals surface area (Å²) in [5.74, 6) is -0.149. The predicted molar refractivity (Wildman–Crippen MR) is 63.0 cm³/mol. The molecule has 0 bridgehead atoms. The predicted octanol–water partition coefficient (Wildman–Crippen LogP) is -0.917. The molecule has 2 heterocycles. The number of carbonyl (C=O) groups is 2. The van der Waals surface area contributed by atoms with E-state index in [0.29, 0.717) is 0 Å². The first kappa shape index (κ1) is 12.2.